The van der Waals surface area contributed by atoms with Crippen LogP contribution in [0.3, 0.4) is 0 Å². The summed E-state index contributed by atoms with van der Waals surface area (Å²) in [5, 5.41) is 6.63. The zero-order chi connectivity index (χ0) is 13.5. The van der Waals surface area contributed by atoms with Crippen molar-refractivity contribution in [3.05, 3.63) is 12.4 Å². The minimum atomic E-state index is 0.559. The number of unbranched alkanes of at least 4 members (excludes halogenated alkanes) is 1. The van der Waals surface area contributed by atoms with E-state index in [2.05, 4.69) is 38.5 Å². The molecule has 106 valence electrons. The van der Waals surface area contributed by atoms with Crippen LogP contribution in [0.1, 0.15) is 32.6 Å². The quantitative estimate of drug-likeness (QED) is 0.736. The second-order valence-corrected chi connectivity index (χ2v) is 5.09. The molecule has 2 rings (SSSR count). The van der Waals surface area contributed by atoms with E-state index in [1.807, 2.05) is 7.05 Å². The van der Waals surface area contributed by atoms with Crippen LogP contribution in [0.2, 0.25) is 0 Å². The maximum absolute atomic E-state index is 4.43. The molecular formula is C14H25N5. The molecule has 0 radical (unpaired) electrons. The van der Waals surface area contributed by atoms with E-state index in [9.17, 15) is 0 Å². The molecule has 1 aliphatic heterocycles. The van der Waals surface area contributed by atoms with Crippen LogP contribution in [-0.4, -0.2) is 42.7 Å². The summed E-state index contributed by atoms with van der Waals surface area (Å²) in [7, 11) is 2.01. The lowest BCUT2D eigenvalue weighted by molar-refractivity contribution is 0.611. The predicted molar refractivity (Wildman–Crippen MR) is 79.7 cm³/mol. The molecule has 19 heavy (non-hydrogen) atoms. The molecule has 1 unspecified atom stereocenters. The number of nitrogens with one attached hydrogen (secondary N) is 2. The first-order chi connectivity index (χ1) is 9.35. The van der Waals surface area contributed by atoms with Crippen molar-refractivity contribution >= 4 is 11.6 Å². The number of hydrogen-bond acceptors (Lipinski definition) is 5. The topological polar surface area (TPSA) is 53.1 Å². The third-order valence-corrected chi connectivity index (χ3v) is 3.60. The molecule has 1 aromatic rings. The van der Waals surface area contributed by atoms with E-state index >= 15 is 0 Å². The maximum Gasteiger partial charge on any atom is 0.134 e. The third kappa shape index (κ3) is 3.80. The van der Waals surface area contributed by atoms with Crippen molar-refractivity contribution in [3.8, 4) is 0 Å². The molecule has 0 bridgehead atoms. The van der Waals surface area contributed by atoms with Gasteiger partial charge in [-0.3, -0.25) is 0 Å². The van der Waals surface area contributed by atoms with Gasteiger partial charge in [0.2, 0.25) is 0 Å². The summed E-state index contributed by atoms with van der Waals surface area (Å²) in [4.78, 5) is 11.1. The molecule has 5 heteroatoms. The molecule has 1 saturated heterocycles. The normalized spacial score (nSPS) is 18.8. The first-order valence-corrected chi connectivity index (χ1v) is 7.32. The number of rotatable bonds is 7. The summed E-state index contributed by atoms with van der Waals surface area (Å²) in [5.41, 5.74) is 0. The van der Waals surface area contributed by atoms with E-state index in [0.717, 1.165) is 31.3 Å². The summed E-state index contributed by atoms with van der Waals surface area (Å²) >= 11 is 0. The Kier molecular flexibility index (Phi) is 5.39. The lowest BCUT2D eigenvalue weighted by Crippen LogP contribution is -2.37. The van der Waals surface area contributed by atoms with Gasteiger partial charge in [-0.25, -0.2) is 9.97 Å². The van der Waals surface area contributed by atoms with Crippen molar-refractivity contribution in [2.45, 2.75) is 38.6 Å². The SMILES string of the molecule is CCCCNc1cc(N2CCCC2CNC)ncn1. The smallest absolute Gasteiger partial charge is 0.134 e. The highest BCUT2D eigenvalue weighted by Gasteiger charge is 2.25. The number of aromatic nitrogens is 2. The van der Waals surface area contributed by atoms with Gasteiger partial charge in [-0.1, -0.05) is 13.3 Å². The van der Waals surface area contributed by atoms with E-state index in [0.29, 0.717) is 6.04 Å². The van der Waals surface area contributed by atoms with Crippen molar-refractivity contribution in [2.75, 3.05) is 36.9 Å². The van der Waals surface area contributed by atoms with Gasteiger partial charge in [0.1, 0.15) is 18.0 Å². The Balaban J connectivity index is 2.01. The summed E-state index contributed by atoms with van der Waals surface area (Å²) in [5.74, 6) is 1.99. The Morgan fingerprint density at radius 2 is 2.32 bits per heavy atom. The van der Waals surface area contributed by atoms with Gasteiger partial charge in [0.15, 0.2) is 0 Å². The molecular weight excluding hydrogens is 238 g/mol. The molecule has 1 aromatic heterocycles. The highest BCUT2D eigenvalue weighted by Crippen LogP contribution is 2.24. The van der Waals surface area contributed by atoms with E-state index in [1.54, 1.807) is 6.33 Å². The lowest BCUT2D eigenvalue weighted by Gasteiger charge is -2.25. The molecule has 1 fully saturated rings. The monoisotopic (exact) mass is 263 g/mol. The molecule has 2 N–H and O–H groups in total. The van der Waals surface area contributed by atoms with E-state index in [4.69, 9.17) is 0 Å². The van der Waals surface area contributed by atoms with Gasteiger partial charge >= 0.3 is 0 Å². The average molecular weight is 263 g/mol. The van der Waals surface area contributed by atoms with Crippen LogP contribution >= 0.6 is 0 Å². The van der Waals surface area contributed by atoms with Gasteiger partial charge in [-0.15, -0.1) is 0 Å². The molecule has 0 aromatic carbocycles. The van der Waals surface area contributed by atoms with Crippen LogP contribution in [-0.2, 0) is 0 Å². The molecule has 5 nitrogen and oxygen atoms in total. The Hall–Kier alpha value is -1.36. The summed E-state index contributed by atoms with van der Waals surface area (Å²) in [6.45, 7) is 5.28. The second-order valence-electron chi connectivity index (χ2n) is 5.09. The van der Waals surface area contributed by atoms with Crippen molar-refractivity contribution in [2.24, 2.45) is 0 Å². The first-order valence-electron chi connectivity index (χ1n) is 7.32. The van der Waals surface area contributed by atoms with Crippen molar-refractivity contribution < 1.29 is 0 Å². The van der Waals surface area contributed by atoms with Crippen molar-refractivity contribution in [1.82, 2.24) is 15.3 Å². The van der Waals surface area contributed by atoms with Crippen LogP contribution in [0, 0.1) is 0 Å². The van der Waals surface area contributed by atoms with Crippen LogP contribution < -0.4 is 15.5 Å². The molecule has 0 spiro atoms. The summed E-state index contributed by atoms with van der Waals surface area (Å²) in [6.07, 6.45) is 6.52. The number of anilines is 2. The highest BCUT2D eigenvalue weighted by atomic mass is 15.2. The van der Waals surface area contributed by atoms with E-state index in [-0.39, 0.29) is 0 Å². The first kappa shape index (κ1) is 14.1. The minimum absolute atomic E-state index is 0.559. The lowest BCUT2D eigenvalue weighted by atomic mass is 10.2. The molecule has 1 atom stereocenters. The summed E-state index contributed by atoms with van der Waals surface area (Å²) in [6, 6.07) is 2.63. The number of likely N-dealkylation sites (N-methyl/N-ethyl adjacent to an activating group) is 1. The van der Waals surface area contributed by atoms with Crippen LogP contribution in [0.5, 0.6) is 0 Å². The van der Waals surface area contributed by atoms with Gasteiger partial charge in [0.25, 0.3) is 0 Å². The minimum Gasteiger partial charge on any atom is -0.370 e. The maximum atomic E-state index is 4.43. The fourth-order valence-electron chi connectivity index (χ4n) is 2.58. The van der Waals surface area contributed by atoms with Crippen LogP contribution in [0.4, 0.5) is 11.6 Å². The van der Waals surface area contributed by atoms with Gasteiger partial charge in [0.05, 0.1) is 0 Å². The fourth-order valence-corrected chi connectivity index (χ4v) is 2.58. The summed E-state index contributed by atoms with van der Waals surface area (Å²) < 4.78 is 0. The molecule has 1 aliphatic rings. The predicted octanol–water partition coefficient (Wildman–Crippen LogP) is 1.88. The second kappa shape index (κ2) is 7.28. The Labute approximate surface area is 115 Å². The Morgan fingerprint density at radius 1 is 1.42 bits per heavy atom. The van der Waals surface area contributed by atoms with Gasteiger partial charge in [-0.05, 0) is 26.3 Å². The molecule has 2 heterocycles. The average Bonchev–Trinajstić information content (AvgIpc) is 2.88. The molecule has 0 amide bonds. The Bertz CT molecular complexity index is 382. The Morgan fingerprint density at radius 3 is 3.11 bits per heavy atom. The standard InChI is InChI=1S/C14H25N5/c1-3-4-7-16-13-9-14(18-11-17-13)19-8-5-6-12(19)10-15-2/h9,11-12,15H,3-8,10H2,1-2H3,(H,16,17,18). The van der Waals surface area contributed by atoms with Crippen molar-refractivity contribution in [1.29, 1.82) is 0 Å². The van der Waals surface area contributed by atoms with Gasteiger partial charge in [-0.2, -0.15) is 0 Å². The zero-order valence-corrected chi connectivity index (χ0v) is 12.0. The fraction of sp³-hybridized carbons (Fsp3) is 0.714. The zero-order valence-electron chi connectivity index (χ0n) is 12.0. The third-order valence-electron chi connectivity index (χ3n) is 3.60. The van der Waals surface area contributed by atoms with E-state index < -0.39 is 0 Å². The number of nitrogens with zero attached hydrogens (tertiary/aromatic N) is 3. The molecule has 0 saturated carbocycles. The molecule has 0 aliphatic carbocycles. The largest absolute Gasteiger partial charge is 0.370 e. The van der Waals surface area contributed by atoms with Crippen LogP contribution in [0.25, 0.3) is 0 Å². The number of hydrogen-bond donors (Lipinski definition) is 2. The van der Waals surface area contributed by atoms with Crippen molar-refractivity contribution in [3.63, 3.8) is 0 Å². The van der Waals surface area contributed by atoms with E-state index in [1.165, 1.54) is 25.7 Å². The highest BCUT2D eigenvalue weighted by molar-refractivity contribution is 5.49. The van der Waals surface area contributed by atoms with Gasteiger partial charge in [0, 0.05) is 31.7 Å². The van der Waals surface area contributed by atoms with Crippen LogP contribution in [0.15, 0.2) is 12.4 Å². The van der Waals surface area contributed by atoms with Gasteiger partial charge < -0.3 is 15.5 Å².